The van der Waals surface area contributed by atoms with Gasteiger partial charge in [0.2, 0.25) is 0 Å². The van der Waals surface area contributed by atoms with Crippen LogP contribution in [-0.4, -0.2) is 38.1 Å². The van der Waals surface area contributed by atoms with Crippen LogP contribution >= 0.6 is 0 Å². The number of hydrogen-bond acceptors (Lipinski definition) is 6. The summed E-state index contributed by atoms with van der Waals surface area (Å²) >= 11 is 0. The lowest BCUT2D eigenvalue weighted by Gasteiger charge is -2.05. The molecule has 18 heavy (non-hydrogen) atoms. The van der Waals surface area contributed by atoms with Crippen molar-refractivity contribution >= 4 is 21.6 Å². The predicted molar refractivity (Wildman–Crippen MR) is 62.2 cm³/mol. The zero-order valence-electron chi connectivity index (χ0n) is 9.84. The summed E-state index contributed by atoms with van der Waals surface area (Å²) in [5, 5.41) is 9.50. The van der Waals surface area contributed by atoms with Crippen LogP contribution in [0, 0.1) is 0 Å². The van der Waals surface area contributed by atoms with Crippen LogP contribution in [0.25, 0.3) is 0 Å². The molecule has 0 aliphatic rings. The Morgan fingerprint density at radius 2 is 1.94 bits per heavy atom. The van der Waals surface area contributed by atoms with E-state index >= 15 is 0 Å². The standard InChI is InChI=1S/C11H12O6S/c1-3-17-11(14)10(13)7-4-5-9(8(12)6-7)18(2,15)16/h4-6,12H,3H2,1-2H3. The van der Waals surface area contributed by atoms with Crippen LogP contribution in [0.3, 0.4) is 0 Å². The summed E-state index contributed by atoms with van der Waals surface area (Å²) in [5.74, 6) is -2.57. The Labute approximate surface area is 104 Å². The summed E-state index contributed by atoms with van der Waals surface area (Å²) in [6.45, 7) is 1.60. The van der Waals surface area contributed by atoms with Gasteiger partial charge in [0.15, 0.2) is 9.84 Å². The van der Waals surface area contributed by atoms with Gasteiger partial charge in [0.05, 0.1) is 6.61 Å². The average Bonchev–Trinajstić information content (AvgIpc) is 2.26. The second kappa shape index (κ2) is 5.18. The van der Waals surface area contributed by atoms with Crippen LogP contribution in [0.1, 0.15) is 17.3 Å². The molecule has 1 aromatic rings. The van der Waals surface area contributed by atoms with Gasteiger partial charge in [-0.05, 0) is 25.1 Å². The number of ketones is 1. The van der Waals surface area contributed by atoms with Crippen LogP contribution in [0.5, 0.6) is 5.75 Å². The number of Topliss-reactive ketones (excluding diaryl/α,β-unsaturated/α-hetero) is 1. The van der Waals surface area contributed by atoms with E-state index in [9.17, 15) is 23.1 Å². The van der Waals surface area contributed by atoms with Gasteiger partial charge in [-0.25, -0.2) is 13.2 Å². The van der Waals surface area contributed by atoms with E-state index in [0.717, 1.165) is 24.5 Å². The van der Waals surface area contributed by atoms with Gasteiger partial charge < -0.3 is 9.84 Å². The van der Waals surface area contributed by atoms with Gasteiger partial charge in [0.1, 0.15) is 10.6 Å². The van der Waals surface area contributed by atoms with Crippen molar-refractivity contribution in [2.24, 2.45) is 0 Å². The molecule has 0 atom stereocenters. The van der Waals surface area contributed by atoms with Gasteiger partial charge in [0.25, 0.3) is 5.78 Å². The third kappa shape index (κ3) is 3.07. The maximum atomic E-state index is 11.5. The highest BCUT2D eigenvalue weighted by atomic mass is 32.2. The van der Waals surface area contributed by atoms with Crippen molar-refractivity contribution in [1.82, 2.24) is 0 Å². The highest BCUT2D eigenvalue weighted by Crippen LogP contribution is 2.23. The van der Waals surface area contributed by atoms with Crippen molar-refractivity contribution in [2.75, 3.05) is 12.9 Å². The number of sulfone groups is 1. The molecule has 1 rings (SSSR count). The normalized spacial score (nSPS) is 11.0. The first kappa shape index (κ1) is 14.2. The Morgan fingerprint density at radius 3 is 2.39 bits per heavy atom. The van der Waals surface area contributed by atoms with Crippen molar-refractivity contribution in [1.29, 1.82) is 0 Å². The molecule has 0 radical (unpaired) electrons. The molecule has 0 saturated carbocycles. The van der Waals surface area contributed by atoms with Gasteiger partial charge in [-0.2, -0.15) is 0 Å². The summed E-state index contributed by atoms with van der Waals surface area (Å²) in [6.07, 6.45) is 0.925. The minimum absolute atomic E-state index is 0.0535. The van der Waals surface area contributed by atoms with Crippen molar-refractivity contribution < 1.29 is 27.9 Å². The van der Waals surface area contributed by atoms with E-state index in [-0.39, 0.29) is 17.1 Å². The van der Waals surface area contributed by atoms with E-state index < -0.39 is 27.3 Å². The van der Waals surface area contributed by atoms with Crippen LogP contribution < -0.4 is 0 Å². The Morgan fingerprint density at radius 1 is 1.33 bits per heavy atom. The van der Waals surface area contributed by atoms with E-state index in [2.05, 4.69) is 4.74 Å². The third-order valence-electron chi connectivity index (χ3n) is 2.08. The van der Waals surface area contributed by atoms with Crippen LogP contribution in [-0.2, 0) is 19.4 Å². The molecule has 0 aromatic heterocycles. The molecule has 0 heterocycles. The lowest BCUT2D eigenvalue weighted by atomic mass is 10.1. The first-order chi connectivity index (χ1) is 8.27. The number of benzene rings is 1. The molecule has 6 nitrogen and oxygen atoms in total. The maximum absolute atomic E-state index is 11.5. The van der Waals surface area contributed by atoms with Crippen molar-refractivity contribution in [3.8, 4) is 5.75 Å². The number of ether oxygens (including phenoxy) is 1. The van der Waals surface area contributed by atoms with Gasteiger partial charge in [0, 0.05) is 11.8 Å². The smallest absolute Gasteiger partial charge is 0.379 e. The number of phenols is 1. The van der Waals surface area contributed by atoms with Crippen molar-refractivity contribution in [3.05, 3.63) is 23.8 Å². The fraction of sp³-hybridized carbons (Fsp3) is 0.273. The van der Waals surface area contributed by atoms with E-state index in [0.29, 0.717) is 0 Å². The summed E-state index contributed by atoms with van der Waals surface area (Å²) in [6, 6.07) is 3.14. The van der Waals surface area contributed by atoms with Crippen molar-refractivity contribution in [3.63, 3.8) is 0 Å². The first-order valence-electron chi connectivity index (χ1n) is 5.02. The van der Waals surface area contributed by atoms with Crippen LogP contribution in [0.4, 0.5) is 0 Å². The molecule has 0 amide bonds. The average molecular weight is 272 g/mol. The zero-order valence-corrected chi connectivity index (χ0v) is 10.7. The van der Waals surface area contributed by atoms with Gasteiger partial charge in [-0.3, -0.25) is 4.79 Å². The number of esters is 1. The molecule has 0 fully saturated rings. The fourth-order valence-corrected chi connectivity index (χ4v) is 2.04. The summed E-state index contributed by atoms with van der Waals surface area (Å²) < 4.78 is 27.0. The first-order valence-corrected chi connectivity index (χ1v) is 6.91. The molecule has 0 bridgehead atoms. The third-order valence-corrected chi connectivity index (χ3v) is 3.23. The van der Waals surface area contributed by atoms with E-state index in [4.69, 9.17) is 0 Å². The molecular weight excluding hydrogens is 260 g/mol. The molecule has 0 unspecified atom stereocenters. The molecule has 0 aliphatic heterocycles. The van der Waals surface area contributed by atoms with E-state index in [1.165, 1.54) is 0 Å². The number of carbonyl (C=O) groups is 2. The van der Waals surface area contributed by atoms with E-state index in [1.54, 1.807) is 6.92 Å². The zero-order chi connectivity index (χ0) is 13.9. The van der Waals surface area contributed by atoms with Gasteiger partial charge in [-0.15, -0.1) is 0 Å². The largest absolute Gasteiger partial charge is 0.507 e. The highest BCUT2D eigenvalue weighted by molar-refractivity contribution is 7.90. The highest BCUT2D eigenvalue weighted by Gasteiger charge is 2.20. The number of hydrogen-bond donors (Lipinski definition) is 1. The number of phenolic OH excluding ortho intramolecular Hbond substituents is 1. The molecule has 0 aliphatic carbocycles. The fourth-order valence-electron chi connectivity index (χ4n) is 1.29. The Bertz CT molecular complexity index is 588. The van der Waals surface area contributed by atoms with Crippen LogP contribution in [0.2, 0.25) is 0 Å². The molecule has 0 saturated heterocycles. The summed E-state index contributed by atoms with van der Waals surface area (Å²) in [4.78, 5) is 22.4. The summed E-state index contributed by atoms with van der Waals surface area (Å²) in [5.41, 5.74) is -0.127. The second-order valence-electron chi connectivity index (χ2n) is 3.50. The molecule has 98 valence electrons. The SMILES string of the molecule is CCOC(=O)C(=O)c1ccc(S(C)(=O)=O)c(O)c1. The monoisotopic (exact) mass is 272 g/mol. The van der Waals surface area contributed by atoms with Gasteiger partial charge in [-0.1, -0.05) is 0 Å². The van der Waals surface area contributed by atoms with Crippen molar-refractivity contribution in [2.45, 2.75) is 11.8 Å². The number of carbonyl (C=O) groups excluding carboxylic acids is 2. The van der Waals surface area contributed by atoms with E-state index in [1.807, 2.05) is 0 Å². The molecule has 1 N–H and O–H groups in total. The molecular formula is C11H12O6S. The topological polar surface area (TPSA) is 97.7 Å². The minimum atomic E-state index is -3.58. The van der Waals surface area contributed by atoms with Gasteiger partial charge >= 0.3 is 5.97 Å². The quantitative estimate of drug-likeness (QED) is 0.488. The molecule has 1 aromatic carbocycles. The van der Waals surface area contributed by atoms with Crippen LogP contribution in [0.15, 0.2) is 23.1 Å². The number of rotatable bonds is 4. The summed E-state index contributed by atoms with van der Waals surface area (Å²) in [7, 11) is -3.58. The Kier molecular flexibility index (Phi) is 4.07. The number of aromatic hydroxyl groups is 1. The Balaban J connectivity index is 3.13. The lowest BCUT2D eigenvalue weighted by Crippen LogP contribution is -2.17. The minimum Gasteiger partial charge on any atom is -0.507 e. The predicted octanol–water partition coefficient (Wildman–Crippen LogP) is 0.542. The maximum Gasteiger partial charge on any atom is 0.379 e. The second-order valence-corrected chi connectivity index (χ2v) is 5.49. The molecule has 0 spiro atoms. The molecule has 7 heteroatoms. The Hall–Kier alpha value is -1.89. The lowest BCUT2D eigenvalue weighted by molar-refractivity contribution is -0.137.